The summed E-state index contributed by atoms with van der Waals surface area (Å²) in [6.45, 7) is 11.1. The van der Waals surface area contributed by atoms with Crippen molar-refractivity contribution >= 4 is 5.91 Å². The number of carbonyl (C=O) groups excluding carboxylic acids is 1. The molecule has 2 saturated heterocycles. The van der Waals surface area contributed by atoms with Crippen LogP contribution < -0.4 is 0 Å². The molecule has 1 aromatic rings. The molecule has 1 amide bonds. The molecule has 3 heterocycles. The first-order valence-corrected chi connectivity index (χ1v) is 11.4. The number of amides is 1. The second kappa shape index (κ2) is 8.81. The molecule has 5 nitrogen and oxygen atoms in total. The van der Waals surface area contributed by atoms with E-state index in [0.717, 1.165) is 50.4 Å². The molecule has 1 atom stereocenters. The van der Waals surface area contributed by atoms with Crippen LogP contribution in [0.2, 0.25) is 0 Å². The fourth-order valence-corrected chi connectivity index (χ4v) is 5.24. The van der Waals surface area contributed by atoms with E-state index in [2.05, 4.69) is 23.3 Å². The number of hydrogen-bond acceptors (Lipinski definition) is 3. The predicted octanol–water partition coefficient (Wildman–Crippen LogP) is 3.67. The Morgan fingerprint density at radius 2 is 1.82 bits per heavy atom. The molecule has 28 heavy (non-hydrogen) atoms. The van der Waals surface area contributed by atoms with Crippen molar-refractivity contribution in [2.24, 2.45) is 5.92 Å². The first-order chi connectivity index (χ1) is 13.7. The summed E-state index contributed by atoms with van der Waals surface area (Å²) in [5.74, 6) is 1.01. The number of rotatable bonds is 4. The van der Waals surface area contributed by atoms with Gasteiger partial charge >= 0.3 is 0 Å². The first-order valence-electron chi connectivity index (χ1n) is 11.4. The Hall–Kier alpha value is -1.62. The van der Waals surface area contributed by atoms with Crippen LogP contribution in [-0.2, 0) is 19.4 Å². The average molecular weight is 385 g/mol. The molecule has 154 valence electrons. The number of fused-ring (bicyclic) bond motifs is 1. The van der Waals surface area contributed by atoms with Gasteiger partial charge in [-0.25, -0.2) is 0 Å². The zero-order valence-corrected chi connectivity index (χ0v) is 17.5. The molecule has 2 aliphatic heterocycles. The second-order valence-corrected chi connectivity index (χ2v) is 9.07. The Kier molecular flexibility index (Phi) is 6.19. The Morgan fingerprint density at radius 3 is 2.50 bits per heavy atom. The number of aromatic nitrogens is 2. The highest BCUT2D eigenvalue weighted by atomic mass is 16.2. The highest BCUT2D eigenvalue weighted by Crippen LogP contribution is 2.31. The number of allylic oxidation sites excluding steroid dienone is 1. The SMILES string of the molecule is C=CCn1nc(C(=O)N2CCCCCC2)c2c1CCC(N1CCC(C)CC1)C2. The van der Waals surface area contributed by atoms with E-state index >= 15 is 0 Å². The Bertz CT molecular complexity index is 694. The van der Waals surface area contributed by atoms with Crippen LogP contribution in [0.3, 0.4) is 0 Å². The van der Waals surface area contributed by atoms with Crippen molar-refractivity contribution in [3.8, 4) is 0 Å². The van der Waals surface area contributed by atoms with Gasteiger partial charge in [-0.15, -0.1) is 6.58 Å². The average Bonchev–Trinajstić information content (AvgIpc) is 2.88. The lowest BCUT2D eigenvalue weighted by molar-refractivity contribution is 0.0752. The third-order valence-electron chi connectivity index (χ3n) is 7.05. The molecule has 0 N–H and O–H groups in total. The normalized spacial score (nSPS) is 24.6. The minimum absolute atomic E-state index is 0.161. The maximum absolute atomic E-state index is 13.4. The molecular weight excluding hydrogens is 348 g/mol. The lowest BCUT2D eigenvalue weighted by atomic mass is 9.88. The topological polar surface area (TPSA) is 41.4 Å². The maximum atomic E-state index is 13.4. The van der Waals surface area contributed by atoms with Gasteiger partial charge in [0.2, 0.25) is 0 Å². The zero-order chi connectivity index (χ0) is 19.5. The molecule has 2 fully saturated rings. The summed E-state index contributed by atoms with van der Waals surface area (Å²) < 4.78 is 2.04. The van der Waals surface area contributed by atoms with Crippen molar-refractivity contribution in [2.45, 2.75) is 77.3 Å². The van der Waals surface area contributed by atoms with Crippen LogP contribution in [0.1, 0.15) is 73.6 Å². The lowest BCUT2D eigenvalue weighted by Crippen LogP contribution is -2.44. The number of hydrogen-bond donors (Lipinski definition) is 0. The van der Waals surface area contributed by atoms with E-state index in [1.807, 2.05) is 10.8 Å². The summed E-state index contributed by atoms with van der Waals surface area (Å²) in [7, 11) is 0. The van der Waals surface area contributed by atoms with Gasteiger partial charge in [0.05, 0.1) is 6.54 Å². The monoisotopic (exact) mass is 384 g/mol. The van der Waals surface area contributed by atoms with Crippen LogP contribution in [0.4, 0.5) is 0 Å². The molecule has 0 spiro atoms. The third kappa shape index (κ3) is 4.05. The molecule has 1 aliphatic carbocycles. The molecule has 4 rings (SSSR count). The number of carbonyl (C=O) groups is 1. The largest absolute Gasteiger partial charge is 0.337 e. The van der Waals surface area contributed by atoms with Gasteiger partial charge in [0, 0.05) is 30.4 Å². The molecule has 1 aromatic heterocycles. The van der Waals surface area contributed by atoms with E-state index in [9.17, 15) is 4.79 Å². The first kappa shape index (κ1) is 19.7. The van der Waals surface area contributed by atoms with E-state index in [1.165, 1.54) is 56.5 Å². The Morgan fingerprint density at radius 1 is 1.11 bits per heavy atom. The molecular formula is C23H36N4O. The quantitative estimate of drug-likeness (QED) is 0.744. The van der Waals surface area contributed by atoms with Gasteiger partial charge in [0.15, 0.2) is 5.69 Å². The maximum Gasteiger partial charge on any atom is 0.274 e. The molecule has 5 heteroatoms. The van der Waals surface area contributed by atoms with Crippen LogP contribution in [0, 0.1) is 5.92 Å². The van der Waals surface area contributed by atoms with Crippen LogP contribution in [0.5, 0.6) is 0 Å². The van der Waals surface area contributed by atoms with Gasteiger partial charge in [0.25, 0.3) is 5.91 Å². The van der Waals surface area contributed by atoms with E-state index in [-0.39, 0.29) is 5.91 Å². The highest BCUT2D eigenvalue weighted by molar-refractivity contribution is 5.94. The molecule has 0 saturated carbocycles. The summed E-state index contributed by atoms with van der Waals surface area (Å²) in [6.07, 6.45) is 12.4. The summed E-state index contributed by atoms with van der Waals surface area (Å²) in [5.41, 5.74) is 3.24. The summed E-state index contributed by atoms with van der Waals surface area (Å²) >= 11 is 0. The standard InChI is InChI=1S/C23H36N4O/c1-3-12-27-21-9-8-19(25-15-10-18(2)11-16-25)17-20(21)22(24-27)23(28)26-13-6-4-5-7-14-26/h3,18-19H,1,4-17H2,2H3. The van der Waals surface area contributed by atoms with Gasteiger partial charge in [-0.2, -0.15) is 5.10 Å². The third-order valence-corrected chi connectivity index (χ3v) is 7.05. The molecule has 3 aliphatic rings. The van der Waals surface area contributed by atoms with Gasteiger partial charge in [-0.1, -0.05) is 25.8 Å². The van der Waals surface area contributed by atoms with Crippen molar-refractivity contribution in [1.82, 2.24) is 19.6 Å². The fraction of sp³-hybridized carbons (Fsp3) is 0.739. The summed E-state index contributed by atoms with van der Waals surface area (Å²) in [6, 6.07) is 0.567. The number of nitrogens with zero attached hydrogens (tertiary/aromatic N) is 4. The molecule has 0 aromatic carbocycles. The highest BCUT2D eigenvalue weighted by Gasteiger charge is 2.34. The number of piperidine rings is 1. The van der Waals surface area contributed by atoms with Crippen molar-refractivity contribution in [2.75, 3.05) is 26.2 Å². The van der Waals surface area contributed by atoms with Crippen LogP contribution in [-0.4, -0.2) is 57.7 Å². The lowest BCUT2D eigenvalue weighted by Gasteiger charge is -2.38. The Labute approximate surface area is 169 Å². The summed E-state index contributed by atoms with van der Waals surface area (Å²) in [4.78, 5) is 18.1. The van der Waals surface area contributed by atoms with Gasteiger partial charge in [0.1, 0.15) is 0 Å². The van der Waals surface area contributed by atoms with Gasteiger partial charge in [-0.05, 0) is 64.0 Å². The van der Waals surface area contributed by atoms with E-state index in [4.69, 9.17) is 5.10 Å². The number of likely N-dealkylation sites (tertiary alicyclic amines) is 2. The summed E-state index contributed by atoms with van der Waals surface area (Å²) in [5, 5.41) is 4.81. The second-order valence-electron chi connectivity index (χ2n) is 9.07. The Balaban J connectivity index is 1.57. The van der Waals surface area contributed by atoms with Crippen molar-refractivity contribution < 1.29 is 4.79 Å². The zero-order valence-electron chi connectivity index (χ0n) is 17.5. The molecule has 1 unspecified atom stereocenters. The van der Waals surface area contributed by atoms with Gasteiger partial charge in [-0.3, -0.25) is 9.48 Å². The van der Waals surface area contributed by atoms with E-state index in [0.29, 0.717) is 12.6 Å². The fourth-order valence-electron chi connectivity index (χ4n) is 5.24. The van der Waals surface area contributed by atoms with Gasteiger partial charge < -0.3 is 9.80 Å². The van der Waals surface area contributed by atoms with Crippen LogP contribution in [0.25, 0.3) is 0 Å². The van der Waals surface area contributed by atoms with Crippen molar-refractivity contribution in [3.05, 3.63) is 29.6 Å². The molecule has 0 bridgehead atoms. The predicted molar refractivity (Wildman–Crippen MR) is 113 cm³/mol. The molecule has 0 radical (unpaired) electrons. The minimum atomic E-state index is 0.161. The van der Waals surface area contributed by atoms with Crippen LogP contribution in [0.15, 0.2) is 12.7 Å². The minimum Gasteiger partial charge on any atom is -0.337 e. The van der Waals surface area contributed by atoms with Crippen molar-refractivity contribution in [3.63, 3.8) is 0 Å². The smallest absolute Gasteiger partial charge is 0.274 e. The van der Waals surface area contributed by atoms with Crippen LogP contribution >= 0.6 is 0 Å². The van der Waals surface area contributed by atoms with E-state index in [1.54, 1.807) is 0 Å². The van der Waals surface area contributed by atoms with Crippen molar-refractivity contribution in [1.29, 1.82) is 0 Å². The van der Waals surface area contributed by atoms with E-state index < -0.39 is 0 Å².